The molecule has 0 aliphatic carbocycles. The van der Waals surface area contributed by atoms with Crippen LogP contribution in [0.3, 0.4) is 0 Å². The summed E-state index contributed by atoms with van der Waals surface area (Å²) in [5.74, 6) is -1.35. The van der Waals surface area contributed by atoms with E-state index in [1.54, 1.807) is 0 Å². The van der Waals surface area contributed by atoms with Crippen molar-refractivity contribution in [2.24, 2.45) is 0 Å². The number of ether oxygens (including phenoxy) is 4. The number of phenolic OH excluding ortho intramolecular Hbond substituents is 3. The van der Waals surface area contributed by atoms with Gasteiger partial charge in [0.15, 0.2) is 23.2 Å². The zero-order valence-electron chi connectivity index (χ0n) is 22.7. The number of hydrogen-bond donors (Lipinski definition) is 8. The Morgan fingerprint density at radius 1 is 0.786 bits per heavy atom. The summed E-state index contributed by atoms with van der Waals surface area (Å²) >= 11 is 0. The van der Waals surface area contributed by atoms with Crippen LogP contribution in [0.2, 0.25) is 0 Å². The van der Waals surface area contributed by atoms with Crippen molar-refractivity contribution < 1.29 is 64.2 Å². The SMILES string of the molecule is COc1cc(-c2cc(=O)c3c(O)c([C@H]4O[C@@H](C)[C@@H](O)[C@@H](O)[C@@H]4O[C@@H]4O[C@@H](C)[C@H](O)[C@@H](O)[C@H]4O)c(O)cc3o2)ccc1O. The first kappa shape index (κ1) is 30.0. The summed E-state index contributed by atoms with van der Waals surface area (Å²) in [4.78, 5) is 13.2. The number of fused-ring (bicyclic) bond motifs is 1. The van der Waals surface area contributed by atoms with Crippen molar-refractivity contribution in [1.82, 2.24) is 0 Å². The summed E-state index contributed by atoms with van der Waals surface area (Å²) in [6.07, 6.45) is -14.9. The van der Waals surface area contributed by atoms with Crippen molar-refractivity contribution in [1.29, 1.82) is 0 Å². The minimum Gasteiger partial charge on any atom is -0.507 e. The van der Waals surface area contributed by atoms with Crippen molar-refractivity contribution in [3.63, 3.8) is 0 Å². The number of benzene rings is 2. The van der Waals surface area contributed by atoms with E-state index < -0.39 is 78.2 Å². The monoisotopic (exact) mass is 592 g/mol. The van der Waals surface area contributed by atoms with Crippen molar-refractivity contribution in [2.45, 2.75) is 75.1 Å². The maximum atomic E-state index is 13.2. The third-order valence-corrected chi connectivity index (χ3v) is 7.69. The molecule has 10 atom stereocenters. The van der Waals surface area contributed by atoms with Gasteiger partial charge in [-0.25, -0.2) is 0 Å². The number of aliphatic hydroxyl groups is 5. The molecule has 0 unspecified atom stereocenters. The highest BCUT2D eigenvalue weighted by Crippen LogP contribution is 2.46. The molecule has 42 heavy (non-hydrogen) atoms. The van der Waals surface area contributed by atoms with Gasteiger partial charge in [0.2, 0.25) is 0 Å². The molecule has 0 spiro atoms. The number of phenols is 3. The van der Waals surface area contributed by atoms with Crippen LogP contribution in [0.15, 0.2) is 39.5 Å². The molecule has 2 aliphatic rings. The van der Waals surface area contributed by atoms with Gasteiger partial charge in [-0.1, -0.05) is 0 Å². The summed E-state index contributed by atoms with van der Waals surface area (Å²) in [5, 5.41) is 83.9. The summed E-state index contributed by atoms with van der Waals surface area (Å²) < 4.78 is 27.9. The molecular formula is C28H32O14. The second-order valence-corrected chi connectivity index (χ2v) is 10.4. The van der Waals surface area contributed by atoms with Crippen LogP contribution in [0.1, 0.15) is 25.5 Å². The van der Waals surface area contributed by atoms with E-state index in [1.165, 1.54) is 39.2 Å². The molecular weight excluding hydrogens is 560 g/mol. The first-order chi connectivity index (χ1) is 19.8. The van der Waals surface area contributed by atoms with Crippen molar-refractivity contribution in [2.75, 3.05) is 7.11 Å². The summed E-state index contributed by atoms with van der Waals surface area (Å²) in [6.45, 7) is 2.84. The normalized spacial score (nSPS) is 33.5. The fourth-order valence-corrected chi connectivity index (χ4v) is 5.26. The molecule has 14 nitrogen and oxygen atoms in total. The van der Waals surface area contributed by atoms with Crippen LogP contribution in [0, 0.1) is 0 Å². The molecule has 0 saturated carbocycles. The molecule has 0 amide bonds. The van der Waals surface area contributed by atoms with Crippen LogP contribution >= 0.6 is 0 Å². The van der Waals surface area contributed by atoms with E-state index in [2.05, 4.69) is 0 Å². The van der Waals surface area contributed by atoms with Gasteiger partial charge in [0, 0.05) is 17.7 Å². The van der Waals surface area contributed by atoms with Crippen LogP contribution < -0.4 is 10.2 Å². The zero-order chi connectivity index (χ0) is 30.6. The fraction of sp³-hybridized carbons (Fsp3) is 0.464. The van der Waals surface area contributed by atoms with Gasteiger partial charge in [-0.2, -0.15) is 0 Å². The van der Waals surface area contributed by atoms with E-state index >= 15 is 0 Å². The third kappa shape index (κ3) is 5.05. The van der Waals surface area contributed by atoms with Gasteiger partial charge >= 0.3 is 0 Å². The highest BCUT2D eigenvalue weighted by molar-refractivity contribution is 5.88. The van der Waals surface area contributed by atoms with Crippen LogP contribution in [0.25, 0.3) is 22.3 Å². The maximum absolute atomic E-state index is 13.2. The molecule has 14 heteroatoms. The number of aliphatic hydroxyl groups excluding tert-OH is 5. The van der Waals surface area contributed by atoms with Gasteiger partial charge in [0.1, 0.15) is 71.0 Å². The lowest BCUT2D eigenvalue weighted by Crippen LogP contribution is -2.61. The standard InChI is InChI=1S/C28H32O14/c1-9-21(33)24(36)27(42-28-25(37)23(35)20(32)10(2)40-28)26(39-9)19-14(31)8-17-18(22(19)34)13(30)7-15(41-17)11-4-5-12(29)16(6-11)38-3/h4-10,20-21,23-29,31-37H,1-3H3/t9-,10-,20-,21+,23+,24+,25+,26+,27-,28-/m0/s1. The predicted molar refractivity (Wildman–Crippen MR) is 142 cm³/mol. The maximum Gasteiger partial charge on any atom is 0.197 e. The minimum atomic E-state index is -1.77. The highest BCUT2D eigenvalue weighted by Gasteiger charge is 2.50. The van der Waals surface area contributed by atoms with E-state index in [4.69, 9.17) is 23.4 Å². The molecule has 3 aromatic rings. The average Bonchev–Trinajstić information content (AvgIpc) is 2.95. The number of rotatable bonds is 5. The molecule has 0 bridgehead atoms. The lowest BCUT2D eigenvalue weighted by molar-refractivity contribution is -0.336. The van der Waals surface area contributed by atoms with Crippen LogP contribution in [0.5, 0.6) is 23.0 Å². The Morgan fingerprint density at radius 2 is 1.45 bits per heavy atom. The largest absolute Gasteiger partial charge is 0.507 e. The van der Waals surface area contributed by atoms with E-state index in [-0.39, 0.29) is 33.8 Å². The number of aromatic hydroxyl groups is 3. The van der Waals surface area contributed by atoms with Gasteiger partial charge in [-0.15, -0.1) is 0 Å². The van der Waals surface area contributed by atoms with Gasteiger partial charge < -0.3 is 64.2 Å². The van der Waals surface area contributed by atoms with Gasteiger partial charge in [-0.05, 0) is 32.0 Å². The summed E-state index contributed by atoms with van der Waals surface area (Å²) in [6, 6.07) is 6.39. The Kier molecular flexibility index (Phi) is 8.08. The smallest absolute Gasteiger partial charge is 0.197 e. The molecule has 0 radical (unpaired) electrons. The first-order valence-electron chi connectivity index (χ1n) is 13.1. The molecule has 1 aromatic heterocycles. The molecule has 8 N–H and O–H groups in total. The van der Waals surface area contributed by atoms with Crippen molar-refractivity contribution in [3.8, 4) is 34.3 Å². The first-order valence-corrected chi connectivity index (χ1v) is 13.1. The molecule has 2 aliphatic heterocycles. The highest BCUT2D eigenvalue weighted by atomic mass is 16.7. The zero-order valence-corrected chi connectivity index (χ0v) is 22.7. The predicted octanol–water partition coefficient (Wildman–Crippen LogP) is -0.0203. The summed E-state index contributed by atoms with van der Waals surface area (Å²) in [7, 11) is 1.35. The molecule has 2 aromatic carbocycles. The van der Waals surface area contributed by atoms with Gasteiger partial charge in [0.25, 0.3) is 0 Å². The lowest BCUT2D eigenvalue weighted by atomic mass is 9.89. The minimum absolute atomic E-state index is 0.0398. The molecule has 2 saturated heterocycles. The second-order valence-electron chi connectivity index (χ2n) is 10.4. The molecule has 5 rings (SSSR count). The van der Waals surface area contributed by atoms with E-state index in [9.17, 15) is 45.6 Å². The molecule has 3 heterocycles. The van der Waals surface area contributed by atoms with Crippen LogP contribution in [-0.4, -0.2) is 103 Å². The lowest BCUT2D eigenvalue weighted by Gasteiger charge is -2.46. The second kappa shape index (κ2) is 11.3. The fourth-order valence-electron chi connectivity index (χ4n) is 5.26. The van der Waals surface area contributed by atoms with E-state index in [1.807, 2.05) is 0 Å². The van der Waals surface area contributed by atoms with E-state index in [0.29, 0.717) is 5.56 Å². The van der Waals surface area contributed by atoms with Crippen LogP contribution in [0.4, 0.5) is 0 Å². The van der Waals surface area contributed by atoms with Gasteiger partial charge in [-0.3, -0.25) is 4.79 Å². The summed E-state index contributed by atoms with van der Waals surface area (Å²) in [5.41, 5.74) is -0.942. The quantitative estimate of drug-likeness (QED) is 0.195. The Morgan fingerprint density at radius 3 is 2.14 bits per heavy atom. The van der Waals surface area contributed by atoms with E-state index in [0.717, 1.165) is 12.1 Å². The topological polar surface area (TPSA) is 229 Å². The Bertz CT molecular complexity index is 1520. The average molecular weight is 593 g/mol. The third-order valence-electron chi connectivity index (χ3n) is 7.69. The van der Waals surface area contributed by atoms with Crippen molar-refractivity contribution >= 4 is 11.0 Å². The molecule has 2 fully saturated rings. The number of hydrogen-bond acceptors (Lipinski definition) is 14. The Balaban J connectivity index is 1.58. The van der Waals surface area contributed by atoms with Gasteiger partial charge in [0.05, 0.1) is 24.9 Å². The van der Waals surface area contributed by atoms with Crippen molar-refractivity contribution in [3.05, 3.63) is 46.1 Å². The Labute approximate surface area is 238 Å². The molecule has 228 valence electrons. The van der Waals surface area contributed by atoms with Crippen LogP contribution in [-0.2, 0) is 14.2 Å². The number of methoxy groups -OCH3 is 1. The Hall–Kier alpha value is -3.47.